The van der Waals surface area contributed by atoms with Crippen LogP contribution in [0.15, 0.2) is 71.6 Å². The molecule has 0 fully saturated rings. The highest BCUT2D eigenvalue weighted by atomic mass is 32.2. The number of sulfonamides is 1. The lowest BCUT2D eigenvalue weighted by Crippen LogP contribution is -2.38. The molecule has 31 heavy (non-hydrogen) atoms. The smallest absolute Gasteiger partial charge is 0.262 e. The van der Waals surface area contributed by atoms with E-state index in [0.29, 0.717) is 35.8 Å². The van der Waals surface area contributed by atoms with Gasteiger partial charge in [0.25, 0.3) is 10.0 Å². The molecule has 0 aliphatic carbocycles. The summed E-state index contributed by atoms with van der Waals surface area (Å²) < 4.78 is 41.1. The van der Waals surface area contributed by atoms with Crippen molar-refractivity contribution in [2.75, 3.05) is 32.5 Å². The topological polar surface area (TPSA) is 67.9 Å². The largest absolute Gasteiger partial charge is 0.496 e. The van der Waals surface area contributed by atoms with Crippen LogP contribution in [0.2, 0.25) is 0 Å². The number of rotatable bonds is 6. The number of nitrogens with zero attached hydrogens (tertiary/aromatic N) is 1. The third-order valence-electron chi connectivity index (χ3n) is 5.53. The Bertz CT molecular complexity index is 1180. The minimum absolute atomic E-state index is 0.187. The lowest BCUT2D eigenvalue weighted by molar-refractivity contribution is 0.164. The molecule has 0 saturated heterocycles. The molecule has 0 unspecified atom stereocenters. The maximum Gasteiger partial charge on any atom is 0.262 e. The van der Waals surface area contributed by atoms with E-state index in [1.54, 1.807) is 31.4 Å². The monoisotopic (exact) mass is 438 g/mol. The number of anilines is 1. The Labute approximate surface area is 183 Å². The summed E-state index contributed by atoms with van der Waals surface area (Å²) in [7, 11) is 1.75. The summed E-state index contributed by atoms with van der Waals surface area (Å²) in [6.45, 7) is 0.475. The Hall–Kier alpha value is -3.03. The number of nitrogens with one attached hydrogen (secondary N) is 1. The van der Waals surface area contributed by atoms with Crippen LogP contribution >= 0.6 is 0 Å². The first-order chi connectivity index (χ1) is 14.9. The maximum absolute atomic E-state index is 13.4. The van der Waals surface area contributed by atoms with Crippen LogP contribution in [0, 0.1) is 0 Å². The molecule has 0 saturated carbocycles. The van der Waals surface area contributed by atoms with Gasteiger partial charge in [-0.3, -0.25) is 4.72 Å². The quantitative estimate of drug-likeness (QED) is 0.629. The zero-order chi connectivity index (χ0) is 22.0. The summed E-state index contributed by atoms with van der Waals surface area (Å²) in [6, 6.07) is 20.1. The Morgan fingerprint density at radius 3 is 2.42 bits per heavy atom. The molecule has 3 aromatic carbocycles. The minimum Gasteiger partial charge on any atom is -0.496 e. The van der Waals surface area contributed by atoms with E-state index in [0.717, 1.165) is 11.1 Å². The number of hydrogen-bond donors (Lipinski definition) is 1. The predicted molar refractivity (Wildman–Crippen MR) is 122 cm³/mol. The van der Waals surface area contributed by atoms with Gasteiger partial charge in [0.1, 0.15) is 18.1 Å². The number of hydrogen-bond acceptors (Lipinski definition) is 5. The Morgan fingerprint density at radius 2 is 1.71 bits per heavy atom. The summed E-state index contributed by atoms with van der Waals surface area (Å²) in [5, 5.41) is 0. The van der Waals surface area contributed by atoms with Gasteiger partial charge in [0, 0.05) is 17.2 Å². The first-order valence-electron chi connectivity index (χ1n) is 10.1. The van der Waals surface area contributed by atoms with E-state index in [2.05, 4.69) is 9.62 Å². The molecule has 162 valence electrons. The van der Waals surface area contributed by atoms with Gasteiger partial charge in [-0.25, -0.2) is 8.42 Å². The summed E-state index contributed by atoms with van der Waals surface area (Å²) >= 11 is 0. The number of benzene rings is 3. The molecule has 1 aliphatic rings. The van der Waals surface area contributed by atoms with E-state index in [1.165, 1.54) is 0 Å². The number of ether oxygens (including phenoxy) is 2. The molecule has 4 rings (SSSR count). The van der Waals surface area contributed by atoms with Gasteiger partial charge in [0.15, 0.2) is 0 Å². The van der Waals surface area contributed by atoms with Crippen LogP contribution in [0.4, 0.5) is 5.69 Å². The average molecular weight is 439 g/mol. The van der Waals surface area contributed by atoms with Gasteiger partial charge in [0.05, 0.1) is 17.7 Å². The standard InChI is InChI=1S/C24H26N2O4S/c1-26(2)18-15-20-22(29-3)14-13-21(24(20)30-16-18)25-31(27,28)23-12-8-7-11-19(23)17-9-5-4-6-10-17/h4-14,18,25H,15-16H2,1-3H3/t18-/m1/s1. The van der Waals surface area contributed by atoms with E-state index in [-0.39, 0.29) is 10.9 Å². The van der Waals surface area contributed by atoms with Gasteiger partial charge in [-0.15, -0.1) is 0 Å². The second kappa shape index (κ2) is 8.61. The highest BCUT2D eigenvalue weighted by Gasteiger charge is 2.29. The molecule has 0 radical (unpaired) electrons. The van der Waals surface area contributed by atoms with Crippen molar-refractivity contribution in [3.05, 3.63) is 72.3 Å². The summed E-state index contributed by atoms with van der Waals surface area (Å²) in [6.07, 6.45) is 0.710. The SMILES string of the molecule is COc1ccc(NS(=O)(=O)c2ccccc2-c2ccccc2)c2c1C[C@@H](N(C)C)CO2. The van der Waals surface area contributed by atoms with Crippen LogP contribution in [-0.4, -0.2) is 47.2 Å². The molecule has 1 N–H and O–H groups in total. The fourth-order valence-corrected chi connectivity index (χ4v) is 5.10. The molecule has 1 heterocycles. The van der Waals surface area contributed by atoms with E-state index < -0.39 is 10.0 Å². The highest BCUT2D eigenvalue weighted by molar-refractivity contribution is 7.92. The summed E-state index contributed by atoms with van der Waals surface area (Å²) in [5.74, 6) is 1.22. The third kappa shape index (κ3) is 4.24. The Morgan fingerprint density at radius 1 is 1.00 bits per heavy atom. The normalized spacial score (nSPS) is 15.8. The third-order valence-corrected chi connectivity index (χ3v) is 6.96. The van der Waals surface area contributed by atoms with Gasteiger partial charge in [-0.2, -0.15) is 0 Å². The van der Waals surface area contributed by atoms with Gasteiger partial charge in [0.2, 0.25) is 0 Å². The van der Waals surface area contributed by atoms with Crippen LogP contribution in [0.25, 0.3) is 11.1 Å². The molecule has 7 heteroatoms. The second-order valence-electron chi connectivity index (χ2n) is 7.72. The van der Waals surface area contributed by atoms with Crippen molar-refractivity contribution >= 4 is 15.7 Å². The van der Waals surface area contributed by atoms with Gasteiger partial charge in [-0.05, 0) is 44.3 Å². The van der Waals surface area contributed by atoms with Crippen molar-refractivity contribution in [1.29, 1.82) is 0 Å². The van der Waals surface area contributed by atoms with Crippen molar-refractivity contribution in [3.8, 4) is 22.6 Å². The van der Waals surface area contributed by atoms with Crippen LogP contribution in [0.5, 0.6) is 11.5 Å². The van der Waals surface area contributed by atoms with Crippen molar-refractivity contribution in [3.63, 3.8) is 0 Å². The lowest BCUT2D eigenvalue weighted by atomic mass is 10.00. The molecular formula is C24H26N2O4S. The van der Waals surface area contributed by atoms with Gasteiger partial charge >= 0.3 is 0 Å². The first kappa shape index (κ1) is 21.2. The molecule has 1 aliphatic heterocycles. The van der Waals surface area contributed by atoms with E-state index in [9.17, 15) is 8.42 Å². The fourth-order valence-electron chi connectivity index (χ4n) is 3.80. The lowest BCUT2D eigenvalue weighted by Gasteiger charge is -2.32. The molecule has 0 spiro atoms. The summed E-state index contributed by atoms with van der Waals surface area (Å²) in [5.41, 5.74) is 2.76. The Balaban J connectivity index is 1.74. The zero-order valence-electron chi connectivity index (χ0n) is 17.8. The second-order valence-corrected chi connectivity index (χ2v) is 9.37. The van der Waals surface area contributed by atoms with E-state index in [4.69, 9.17) is 9.47 Å². The minimum atomic E-state index is -3.86. The maximum atomic E-state index is 13.4. The summed E-state index contributed by atoms with van der Waals surface area (Å²) in [4.78, 5) is 2.31. The molecule has 3 aromatic rings. The molecule has 0 amide bonds. The molecule has 0 aromatic heterocycles. The van der Waals surface area contributed by atoms with Crippen LogP contribution in [0.3, 0.4) is 0 Å². The van der Waals surface area contributed by atoms with Crippen LogP contribution in [0.1, 0.15) is 5.56 Å². The van der Waals surface area contributed by atoms with Crippen molar-refractivity contribution in [2.45, 2.75) is 17.4 Å². The average Bonchev–Trinajstić information content (AvgIpc) is 2.79. The van der Waals surface area contributed by atoms with Gasteiger partial charge in [-0.1, -0.05) is 48.5 Å². The van der Waals surface area contributed by atoms with E-state index in [1.807, 2.05) is 56.6 Å². The molecule has 0 bridgehead atoms. The van der Waals surface area contributed by atoms with Crippen molar-refractivity contribution < 1.29 is 17.9 Å². The van der Waals surface area contributed by atoms with Crippen molar-refractivity contribution in [2.24, 2.45) is 0 Å². The zero-order valence-corrected chi connectivity index (χ0v) is 18.6. The molecular weight excluding hydrogens is 412 g/mol. The fraction of sp³-hybridized carbons (Fsp3) is 0.250. The molecule has 1 atom stereocenters. The predicted octanol–water partition coefficient (Wildman–Crippen LogP) is 4.03. The highest BCUT2D eigenvalue weighted by Crippen LogP contribution is 2.41. The molecule has 6 nitrogen and oxygen atoms in total. The number of likely N-dealkylation sites (N-methyl/N-ethyl adjacent to an activating group) is 1. The first-order valence-corrected chi connectivity index (χ1v) is 11.6. The number of fused-ring (bicyclic) bond motifs is 1. The number of methoxy groups -OCH3 is 1. The van der Waals surface area contributed by atoms with Gasteiger partial charge < -0.3 is 14.4 Å². The Kier molecular flexibility index (Phi) is 5.89. The van der Waals surface area contributed by atoms with Crippen molar-refractivity contribution in [1.82, 2.24) is 4.90 Å². The van der Waals surface area contributed by atoms with E-state index >= 15 is 0 Å². The van der Waals surface area contributed by atoms with Crippen LogP contribution in [-0.2, 0) is 16.4 Å². The van der Waals surface area contributed by atoms with Crippen LogP contribution < -0.4 is 14.2 Å².